The third-order valence-corrected chi connectivity index (χ3v) is 6.04. The van der Waals surface area contributed by atoms with Crippen LogP contribution in [-0.2, 0) is 17.8 Å². The molecule has 0 aliphatic heterocycles. The van der Waals surface area contributed by atoms with Crippen molar-refractivity contribution in [2.75, 3.05) is 5.32 Å². The van der Waals surface area contributed by atoms with E-state index in [0.29, 0.717) is 10.9 Å². The van der Waals surface area contributed by atoms with Crippen LogP contribution in [0.5, 0.6) is 0 Å². The van der Waals surface area contributed by atoms with Crippen LogP contribution in [0.2, 0.25) is 0 Å². The van der Waals surface area contributed by atoms with Gasteiger partial charge in [-0.2, -0.15) is 10.2 Å². The Hall–Kier alpha value is -3.67. The highest BCUT2D eigenvalue weighted by Crippen LogP contribution is 2.27. The molecule has 3 N–H and O–H groups in total. The highest BCUT2D eigenvalue weighted by molar-refractivity contribution is 7.15. The van der Waals surface area contributed by atoms with Gasteiger partial charge in [0.1, 0.15) is 22.7 Å². The van der Waals surface area contributed by atoms with Crippen LogP contribution < -0.4 is 11.1 Å². The number of anilines is 2. The molecule has 9 nitrogen and oxygen atoms in total. The standard InChI is InChI=1S/C21H22F2N8OS/c1-11-8-12(2)31(28-11)13(3)20-26-27-21(33-20)25-18-6-7-30(29-18)10-15-16(22)5-4-14(19(15)23)9-17(24)32/h4-8,13H,9-10H2,1-3H3,(H2,24,32)(H,25,27,29). The molecule has 0 bridgehead atoms. The molecule has 1 amide bonds. The van der Waals surface area contributed by atoms with Crippen molar-refractivity contribution < 1.29 is 13.6 Å². The van der Waals surface area contributed by atoms with Crippen molar-refractivity contribution in [2.24, 2.45) is 5.73 Å². The first kappa shape index (κ1) is 22.5. The van der Waals surface area contributed by atoms with Crippen LogP contribution in [0.3, 0.4) is 0 Å². The number of hydrogen-bond acceptors (Lipinski definition) is 7. The fourth-order valence-corrected chi connectivity index (χ4v) is 4.29. The molecule has 1 atom stereocenters. The molecule has 4 rings (SSSR count). The first-order valence-electron chi connectivity index (χ1n) is 10.1. The van der Waals surface area contributed by atoms with Gasteiger partial charge in [-0.15, -0.1) is 10.2 Å². The third-order valence-electron chi connectivity index (χ3n) is 5.04. The first-order valence-corrected chi connectivity index (χ1v) is 10.9. The van der Waals surface area contributed by atoms with Crippen LogP contribution >= 0.6 is 11.3 Å². The summed E-state index contributed by atoms with van der Waals surface area (Å²) >= 11 is 1.37. The maximum absolute atomic E-state index is 14.7. The lowest BCUT2D eigenvalue weighted by Gasteiger charge is -2.10. The van der Waals surface area contributed by atoms with Crippen molar-refractivity contribution in [3.63, 3.8) is 0 Å². The molecular weight excluding hydrogens is 450 g/mol. The molecule has 3 heterocycles. The normalized spacial score (nSPS) is 12.2. The van der Waals surface area contributed by atoms with Crippen LogP contribution in [0.25, 0.3) is 0 Å². The summed E-state index contributed by atoms with van der Waals surface area (Å²) in [5, 5.41) is 21.6. The van der Waals surface area contributed by atoms with Crippen LogP contribution in [0.4, 0.5) is 19.7 Å². The van der Waals surface area contributed by atoms with Gasteiger partial charge in [-0.3, -0.25) is 14.2 Å². The average Bonchev–Trinajstić information content (AvgIpc) is 3.47. The summed E-state index contributed by atoms with van der Waals surface area (Å²) in [6, 6.07) is 5.91. The van der Waals surface area contributed by atoms with Crippen molar-refractivity contribution in [3.8, 4) is 0 Å². The van der Waals surface area contributed by atoms with Gasteiger partial charge in [-0.1, -0.05) is 17.4 Å². The molecule has 0 aliphatic rings. The first-order chi connectivity index (χ1) is 15.7. The Labute approximate surface area is 192 Å². The van der Waals surface area contributed by atoms with E-state index in [1.165, 1.54) is 22.1 Å². The third kappa shape index (κ3) is 4.90. The molecule has 0 fully saturated rings. The minimum absolute atomic E-state index is 0.0440. The van der Waals surface area contributed by atoms with E-state index in [-0.39, 0.29) is 30.1 Å². The number of nitrogens with zero attached hydrogens (tertiary/aromatic N) is 6. The van der Waals surface area contributed by atoms with Gasteiger partial charge in [0.25, 0.3) is 0 Å². The smallest absolute Gasteiger partial charge is 0.221 e. The van der Waals surface area contributed by atoms with E-state index in [1.54, 1.807) is 12.3 Å². The van der Waals surface area contributed by atoms with E-state index >= 15 is 0 Å². The number of aryl methyl sites for hydroxylation is 2. The van der Waals surface area contributed by atoms with Gasteiger partial charge >= 0.3 is 0 Å². The molecule has 4 aromatic rings. The maximum atomic E-state index is 14.7. The number of benzene rings is 1. The average molecular weight is 473 g/mol. The zero-order valence-electron chi connectivity index (χ0n) is 18.2. The van der Waals surface area contributed by atoms with Crippen LogP contribution in [0, 0.1) is 25.5 Å². The molecule has 3 aromatic heterocycles. The molecule has 12 heteroatoms. The van der Waals surface area contributed by atoms with Gasteiger partial charge in [-0.05, 0) is 38.5 Å². The van der Waals surface area contributed by atoms with E-state index in [4.69, 9.17) is 5.73 Å². The van der Waals surface area contributed by atoms with Gasteiger partial charge in [0.2, 0.25) is 11.0 Å². The minimum Gasteiger partial charge on any atom is -0.369 e. The van der Waals surface area contributed by atoms with Gasteiger partial charge in [0, 0.05) is 23.5 Å². The summed E-state index contributed by atoms with van der Waals surface area (Å²) < 4.78 is 32.2. The summed E-state index contributed by atoms with van der Waals surface area (Å²) in [6.45, 7) is 5.76. The minimum atomic E-state index is -0.800. The van der Waals surface area contributed by atoms with E-state index in [1.807, 2.05) is 31.5 Å². The Morgan fingerprint density at radius 3 is 2.70 bits per heavy atom. The summed E-state index contributed by atoms with van der Waals surface area (Å²) in [5.41, 5.74) is 6.94. The highest BCUT2D eigenvalue weighted by Gasteiger charge is 2.18. The molecule has 0 aliphatic carbocycles. The lowest BCUT2D eigenvalue weighted by molar-refractivity contribution is -0.117. The second kappa shape index (κ2) is 9.06. The fourth-order valence-electron chi connectivity index (χ4n) is 3.50. The quantitative estimate of drug-likeness (QED) is 0.407. The van der Waals surface area contributed by atoms with E-state index < -0.39 is 17.5 Å². The number of nitrogens with one attached hydrogen (secondary N) is 1. The number of carbonyl (C=O) groups is 1. The van der Waals surface area contributed by atoms with Crippen LogP contribution in [0.15, 0.2) is 30.5 Å². The Morgan fingerprint density at radius 1 is 1.21 bits per heavy atom. The van der Waals surface area contributed by atoms with Gasteiger partial charge in [-0.25, -0.2) is 8.78 Å². The number of nitrogens with two attached hydrogens (primary N) is 1. The summed E-state index contributed by atoms with van der Waals surface area (Å²) in [5.74, 6) is -1.77. The lowest BCUT2D eigenvalue weighted by atomic mass is 10.1. The molecule has 0 saturated heterocycles. The van der Waals surface area contributed by atoms with Crippen molar-refractivity contribution in [3.05, 3.63) is 69.6 Å². The Balaban J connectivity index is 1.47. The predicted molar refractivity (Wildman–Crippen MR) is 119 cm³/mol. The zero-order chi connectivity index (χ0) is 23.7. The van der Waals surface area contributed by atoms with Gasteiger partial charge in [0.05, 0.1) is 18.7 Å². The van der Waals surface area contributed by atoms with Gasteiger partial charge in [0.15, 0.2) is 5.82 Å². The Kier molecular flexibility index (Phi) is 6.18. The van der Waals surface area contributed by atoms with Crippen LogP contribution in [0.1, 0.15) is 40.5 Å². The molecule has 33 heavy (non-hydrogen) atoms. The lowest BCUT2D eigenvalue weighted by Crippen LogP contribution is -2.16. The van der Waals surface area contributed by atoms with Crippen molar-refractivity contribution >= 4 is 28.2 Å². The molecule has 1 unspecified atom stereocenters. The van der Waals surface area contributed by atoms with E-state index in [2.05, 4.69) is 25.7 Å². The molecule has 0 spiro atoms. The molecular formula is C21H22F2N8OS. The zero-order valence-corrected chi connectivity index (χ0v) is 19.0. The number of amides is 1. The number of hydrogen-bond donors (Lipinski definition) is 2. The summed E-state index contributed by atoms with van der Waals surface area (Å²) in [6.07, 6.45) is 1.28. The number of primary amides is 1. The number of halogens is 2. The van der Waals surface area contributed by atoms with Crippen molar-refractivity contribution in [1.29, 1.82) is 0 Å². The van der Waals surface area contributed by atoms with E-state index in [9.17, 15) is 13.6 Å². The van der Waals surface area contributed by atoms with Crippen molar-refractivity contribution in [2.45, 2.75) is 39.8 Å². The van der Waals surface area contributed by atoms with Crippen LogP contribution in [-0.4, -0.2) is 35.7 Å². The number of aromatic nitrogens is 6. The van der Waals surface area contributed by atoms with Crippen molar-refractivity contribution in [1.82, 2.24) is 29.8 Å². The fraction of sp³-hybridized carbons (Fsp3) is 0.286. The number of carbonyl (C=O) groups excluding carboxylic acids is 1. The SMILES string of the molecule is Cc1cc(C)n(C(C)c2nnc(Nc3ccn(Cc4c(F)ccc(CC(N)=O)c4F)n3)s2)n1. The molecule has 172 valence electrons. The second-order valence-corrected chi connectivity index (χ2v) is 8.67. The molecule has 1 aromatic carbocycles. The Bertz CT molecular complexity index is 1310. The second-order valence-electron chi connectivity index (χ2n) is 7.66. The Morgan fingerprint density at radius 2 is 2.00 bits per heavy atom. The summed E-state index contributed by atoms with van der Waals surface area (Å²) in [4.78, 5) is 11.1. The summed E-state index contributed by atoms with van der Waals surface area (Å²) in [7, 11) is 0. The predicted octanol–water partition coefficient (Wildman–Crippen LogP) is 3.26. The maximum Gasteiger partial charge on any atom is 0.221 e. The molecule has 0 saturated carbocycles. The largest absolute Gasteiger partial charge is 0.369 e. The topological polar surface area (TPSA) is 117 Å². The number of rotatable bonds is 8. The molecule has 0 radical (unpaired) electrons. The van der Waals surface area contributed by atoms with Gasteiger partial charge < -0.3 is 11.1 Å². The van der Waals surface area contributed by atoms with E-state index in [0.717, 1.165) is 22.5 Å². The highest BCUT2D eigenvalue weighted by atomic mass is 32.1. The monoisotopic (exact) mass is 472 g/mol.